The van der Waals surface area contributed by atoms with Crippen LogP contribution in [0.25, 0.3) is 0 Å². The number of hydrogen-bond donors (Lipinski definition) is 1. The van der Waals surface area contributed by atoms with Crippen molar-refractivity contribution in [1.29, 1.82) is 0 Å². The summed E-state index contributed by atoms with van der Waals surface area (Å²) < 4.78 is 10.1. The first-order valence-electron chi connectivity index (χ1n) is 6.78. The van der Waals surface area contributed by atoms with Gasteiger partial charge in [-0.25, -0.2) is 4.79 Å². The van der Waals surface area contributed by atoms with Gasteiger partial charge in [0.25, 0.3) is 0 Å². The van der Waals surface area contributed by atoms with Gasteiger partial charge in [0.15, 0.2) is 0 Å². The number of esters is 1. The molecule has 1 aliphatic heterocycles. The molecule has 0 aromatic rings. The molecular formula is C13H24N2O4. The molecule has 1 heterocycles. The molecule has 2 amide bonds. The van der Waals surface area contributed by atoms with Gasteiger partial charge in [-0.3, -0.25) is 4.79 Å². The maximum Gasteiger partial charge on any atom is 0.317 e. The van der Waals surface area contributed by atoms with Gasteiger partial charge in [0.05, 0.1) is 19.3 Å². The average Bonchev–Trinajstić information content (AvgIpc) is 2.36. The van der Waals surface area contributed by atoms with Crippen LogP contribution in [0.2, 0.25) is 0 Å². The predicted molar refractivity (Wildman–Crippen MR) is 70.8 cm³/mol. The number of amides is 2. The van der Waals surface area contributed by atoms with Crippen molar-refractivity contribution in [2.45, 2.75) is 45.3 Å². The van der Waals surface area contributed by atoms with Crippen molar-refractivity contribution in [2.75, 3.05) is 26.7 Å². The molecule has 0 bridgehead atoms. The van der Waals surface area contributed by atoms with Crippen molar-refractivity contribution in [3.63, 3.8) is 0 Å². The second kappa shape index (κ2) is 7.99. The van der Waals surface area contributed by atoms with Gasteiger partial charge in [-0.2, -0.15) is 0 Å². The van der Waals surface area contributed by atoms with Crippen LogP contribution in [0.15, 0.2) is 0 Å². The number of morpholine rings is 1. The van der Waals surface area contributed by atoms with Crippen molar-refractivity contribution in [3.05, 3.63) is 0 Å². The van der Waals surface area contributed by atoms with Gasteiger partial charge in [0, 0.05) is 26.1 Å². The molecule has 6 nitrogen and oxygen atoms in total. The minimum Gasteiger partial charge on any atom is -0.469 e. The maximum absolute atomic E-state index is 11.9. The van der Waals surface area contributed by atoms with Gasteiger partial charge in [-0.1, -0.05) is 0 Å². The maximum atomic E-state index is 11.9. The van der Waals surface area contributed by atoms with Crippen LogP contribution in [0.1, 0.15) is 33.1 Å². The molecule has 1 saturated heterocycles. The number of hydrogen-bond acceptors (Lipinski definition) is 4. The summed E-state index contributed by atoms with van der Waals surface area (Å²) in [6, 6.07) is -0.0555. The highest BCUT2D eigenvalue weighted by Gasteiger charge is 2.25. The Morgan fingerprint density at radius 2 is 1.89 bits per heavy atom. The smallest absolute Gasteiger partial charge is 0.317 e. The second-order valence-corrected chi connectivity index (χ2v) is 4.93. The van der Waals surface area contributed by atoms with E-state index < -0.39 is 0 Å². The Labute approximate surface area is 114 Å². The Hall–Kier alpha value is -1.30. The highest BCUT2D eigenvalue weighted by atomic mass is 16.5. The molecule has 2 unspecified atom stereocenters. The molecule has 0 aromatic carbocycles. The summed E-state index contributed by atoms with van der Waals surface area (Å²) in [6.07, 6.45) is 2.06. The van der Waals surface area contributed by atoms with E-state index in [-0.39, 0.29) is 24.2 Å². The van der Waals surface area contributed by atoms with Gasteiger partial charge in [-0.05, 0) is 26.7 Å². The fourth-order valence-corrected chi connectivity index (χ4v) is 2.15. The summed E-state index contributed by atoms with van der Waals surface area (Å²) in [4.78, 5) is 24.6. The number of ether oxygens (including phenoxy) is 2. The van der Waals surface area contributed by atoms with Crippen molar-refractivity contribution in [3.8, 4) is 0 Å². The Kier molecular flexibility index (Phi) is 6.62. The molecule has 6 heteroatoms. The number of carbonyl (C=O) groups is 2. The number of urea groups is 1. The molecule has 1 aliphatic rings. The van der Waals surface area contributed by atoms with E-state index >= 15 is 0 Å². The lowest BCUT2D eigenvalue weighted by molar-refractivity contribution is -0.140. The molecule has 0 spiro atoms. The van der Waals surface area contributed by atoms with Crippen LogP contribution >= 0.6 is 0 Å². The standard InChI is InChI=1S/C13H24N2O4/c1-10-8-15(9-11(2)19-10)13(17)14-7-5-4-6-12(16)18-3/h10-11H,4-9H2,1-3H3,(H,14,17). The van der Waals surface area contributed by atoms with Gasteiger partial charge in [-0.15, -0.1) is 0 Å². The van der Waals surface area contributed by atoms with Crippen LogP contribution < -0.4 is 5.32 Å². The average molecular weight is 272 g/mol. The summed E-state index contributed by atoms with van der Waals surface area (Å²) >= 11 is 0. The van der Waals surface area contributed by atoms with Crippen molar-refractivity contribution < 1.29 is 19.1 Å². The SMILES string of the molecule is COC(=O)CCCCNC(=O)N1CC(C)OC(C)C1. The van der Waals surface area contributed by atoms with Gasteiger partial charge >= 0.3 is 12.0 Å². The molecule has 1 N–H and O–H groups in total. The fourth-order valence-electron chi connectivity index (χ4n) is 2.15. The summed E-state index contributed by atoms with van der Waals surface area (Å²) in [6.45, 7) is 5.76. The van der Waals surface area contributed by atoms with Gasteiger partial charge < -0.3 is 19.7 Å². The predicted octanol–water partition coefficient (Wildman–Crippen LogP) is 1.15. The van der Waals surface area contributed by atoms with Crippen molar-refractivity contribution in [1.82, 2.24) is 10.2 Å². The van der Waals surface area contributed by atoms with E-state index in [1.54, 1.807) is 4.90 Å². The minimum absolute atomic E-state index is 0.0555. The van der Waals surface area contributed by atoms with E-state index in [2.05, 4.69) is 10.1 Å². The Morgan fingerprint density at radius 1 is 1.26 bits per heavy atom. The highest BCUT2D eigenvalue weighted by molar-refractivity contribution is 5.74. The molecule has 0 saturated carbocycles. The molecule has 0 aromatic heterocycles. The van der Waals surface area contributed by atoms with Gasteiger partial charge in [0.2, 0.25) is 0 Å². The lowest BCUT2D eigenvalue weighted by Gasteiger charge is -2.35. The molecule has 0 aliphatic carbocycles. The van der Waals surface area contributed by atoms with Crippen LogP contribution in [-0.4, -0.2) is 55.9 Å². The summed E-state index contributed by atoms with van der Waals surface area (Å²) in [5, 5.41) is 2.86. The molecule has 1 fully saturated rings. The van der Waals surface area contributed by atoms with E-state index in [4.69, 9.17) is 4.74 Å². The number of unbranched alkanes of at least 4 members (excludes halogenated alkanes) is 1. The molecule has 2 atom stereocenters. The zero-order chi connectivity index (χ0) is 14.3. The normalized spacial score (nSPS) is 23.0. The monoisotopic (exact) mass is 272 g/mol. The van der Waals surface area contributed by atoms with Gasteiger partial charge in [0.1, 0.15) is 0 Å². The first kappa shape index (κ1) is 15.8. The molecule has 0 radical (unpaired) electrons. The molecule has 110 valence electrons. The lowest BCUT2D eigenvalue weighted by Crippen LogP contribution is -2.51. The number of carbonyl (C=O) groups excluding carboxylic acids is 2. The topological polar surface area (TPSA) is 67.9 Å². The van der Waals surface area contributed by atoms with E-state index in [1.807, 2.05) is 13.8 Å². The highest BCUT2D eigenvalue weighted by Crippen LogP contribution is 2.10. The summed E-state index contributed by atoms with van der Waals surface area (Å²) in [7, 11) is 1.38. The first-order valence-corrected chi connectivity index (χ1v) is 6.78. The first-order chi connectivity index (χ1) is 9.02. The third kappa shape index (κ3) is 5.92. The quantitative estimate of drug-likeness (QED) is 0.602. The number of nitrogens with zero attached hydrogens (tertiary/aromatic N) is 1. The third-order valence-corrected chi connectivity index (χ3v) is 3.02. The summed E-state index contributed by atoms with van der Waals surface area (Å²) in [5.41, 5.74) is 0. The van der Waals surface area contributed by atoms with Crippen molar-refractivity contribution >= 4 is 12.0 Å². The van der Waals surface area contributed by atoms with E-state index in [1.165, 1.54) is 7.11 Å². The molecular weight excluding hydrogens is 248 g/mol. The molecule has 19 heavy (non-hydrogen) atoms. The number of rotatable bonds is 5. The molecule has 1 rings (SSSR count). The number of nitrogens with one attached hydrogen (secondary N) is 1. The fraction of sp³-hybridized carbons (Fsp3) is 0.846. The van der Waals surface area contributed by atoms with E-state index in [9.17, 15) is 9.59 Å². The Morgan fingerprint density at radius 3 is 2.47 bits per heavy atom. The van der Waals surface area contributed by atoms with Crippen molar-refractivity contribution in [2.24, 2.45) is 0 Å². The minimum atomic E-state index is -0.206. The zero-order valence-corrected chi connectivity index (χ0v) is 12.0. The van der Waals surface area contributed by atoms with E-state index in [0.29, 0.717) is 26.1 Å². The third-order valence-electron chi connectivity index (χ3n) is 3.02. The van der Waals surface area contributed by atoms with E-state index in [0.717, 1.165) is 12.8 Å². The van der Waals surface area contributed by atoms with Crippen LogP contribution in [-0.2, 0) is 14.3 Å². The van der Waals surface area contributed by atoms with Crippen LogP contribution in [0.4, 0.5) is 4.79 Å². The lowest BCUT2D eigenvalue weighted by atomic mass is 10.2. The Balaban J connectivity index is 2.15. The van der Waals surface area contributed by atoms with Crippen LogP contribution in [0.3, 0.4) is 0 Å². The van der Waals surface area contributed by atoms with Crippen LogP contribution in [0.5, 0.6) is 0 Å². The summed E-state index contributed by atoms with van der Waals surface area (Å²) in [5.74, 6) is -0.206. The number of methoxy groups -OCH3 is 1. The second-order valence-electron chi connectivity index (χ2n) is 4.93. The van der Waals surface area contributed by atoms with Crippen LogP contribution in [0, 0.1) is 0 Å². The largest absolute Gasteiger partial charge is 0.469 e. The Bertz CT molecular complexity index is 299. The zero-order valence-electron chi connectivity index (χ0n) is 12.0.